The smallest absolute Gasteiger partial charge is 0.248 e. The summed E-state index contributed by atoms with van der Waals surface area (Å²) in [4.78, 5) is 13.3. The van der Waals surface area contributed by atoms with Crippen LogP contribution in [0.15, 0.2) is 12.7 Å². The summed E-state index contributed by atoms with van der Waals surface area (Å²) in [6.07, 6.45) is 1.77. The third-order valence-corrected chi connectivity index (χ3v) is 1.81. The van der Waals surface area contributed by atoms with Gasteiger partial charge in [0.2, 0.25) is 5.91 Å². The SMILES string of the molecule is C=CCN(CCOC)C(=O)COC(C)C. The minimum Gasteiger partial charge on any atom is -0.383 e. The topological polar surface area (TPSA) is 38.8 Å². The minimum absolute atomic E-state index is 0.0272. The molecule has 0 atom stereocenters. The molecule has 0 rings (SSSR count). The Hall–Kier alpha value is -0.870. The van der Waals surface area contributed by atoms with Gasteiger partial charge in [0, 0.05) is 20.2 Å². The van der Waals surface area contributed by atoms with E-state index in [0.717, 1.165) is 0 Å². The molecule has 0 aromatic heterocycles. The van der Waals surface area contributed by atoms with Crippen molar-refractivity contribution in [2.75, 3.05) is 33.4 Å². The molecule has 0 bridgehead atoms. The lowest BCUT2D eigenvalue weighted by atomic mass is 10.4. The van der Waals surface area contributed by atoms with Gasteiger partial charge in [-0.3, -0.25) is 4.79 Å². The first-order chi connectivity index (χ1) is 7.11. The third kappa shape index (κ3) is 7.11. The maximum absolute atomic E-state index is 11.6. The van der Waals surface area contributed by atoms with Gasteiger partial charge in [-0.05, 0) is 13.8 Å². The summed E-state index contributed by atoms with van der Waals surface area (Å²) in [7, 11) is 1.61. The Morgan fingerprint density at radius 1 is 1.53 bits per heavy atom. The Bertz CT molecular complexity index is 192. The highest BCUT2D eigenvalue weighted by Gasteiger charge is 2.12. The van der Waals surface area contributed by atoms with Crippen molar-refractivity contribution in [3.05, 3.63) is 12.7 Å². The Morgan fingerprint density at radius 3 is 2.67 bits per heavy atom. The van der Waals surface area contributed by atoms with Gasteiger partial charge in [-0.2, -0.15) is 0 Å². The van der Waals surface area contributed by atoms with Crippen LogP contribution in [0.2, 0.25) is 0 Å². The van der Waals surface area contributed by atoms with Crippen LogP contribution in [0.3, 0.4) is 0 Å². The van der Waals surface area contributed by atoms with E-state index < -0.39 is 0 Å². The predicted molar refractivity (Wildman–Crippen MR) is 59.7 cm³/mol. The molecular formula is C11H21NO3. The van der Waals surface area contributed by atoms with Crippen molar-refractivity contribution < 1.29 is 14.3 Å². The van der Waals surface area contributed by atoms with Crippen LogP contribution >= 0.6 is 0 Å². The van der Waals surface area contributed by atoms with Crippen LogP contribution in [-0.4, -0.2) is 50.3 Å². The van der Waals surface area contributed by atoms with E-state index in [1.165, 1.54) is 0 Å². The Labute approximate surface area is 91.8 Å². The second kappa shape index (κ2) is 8.44. The van der Waals surface area contributed by atoms with Gasteiger partial charge >= 0.3 is 0 Å². The monoisotopic (exact) mass is 215 g/mol. The van der Waals surface area contributed by atoms with E-state index in [0.29, 0.717) is 19.7 Å². The number of hydrogen-bond donors (Lipinski definition) is 0. The number of amides is 1. The quantitative estimate of drug-likeness (QED) is 0.569. The van der Waals surface area contributed by atoms with E-state index in [2.05, 4.69) is 6.58 Å². The highest BCUT2D eigenvalue weighted by atomic mass is 16.5. The first-order valence-corrected chi connectivity index (χ1v) is 5.11. The van der Waals surface area contributed by atoms with Crippen molar-refractivity contribution >= 4 is 5.91 Å². The van der Waals surface area contributed by atoms with Crippen LogP contribution in [-0.2, 0) is 14.3 Å². The number of methoxy groups -OCH3 is 1. The molecule has 0 aliphatic rings. The van der Waals surface area contributed by atoms with Crippen LogP contribution in [0, 0.1) is 0 Å². The highest BCUT2D eigenvalue weighted by molar-refractivity contribution is 5.77. The molecule has 0 saturated heterocycles. The molecule has 0 heterocycles. The molecule has 0 radical (unpaired) electrons. The molecule has 4 nitrogen and oxygen atoms in total. The van der Waals surface area contributed by atoms with Crippen molar-refractivity contribution in [3.63, 3.8) is 0 Å². The van der Waals surface area contributed by atoms with Crippen molar-refractivity contribution in [2.45, 2.75) is 20.0 Å². The van der Waals surface area contributed by atoms with E-state index in [1.807, 2.05) is 13.8 Å². The summed E-state index contributed by atoms with van der Waals surface area (Å²) in [5.41, 5.74) is 0. The molecule has 0 fully saturated rings. The molecular weight excluding hydrogens is 194 g/mol. The molecule has 0 aromatic rings. The van der Waals surface area contributed by atoms with Gasteiger partial charge in [0.15, 0.2) is 0 Å². The highest BCUT2D eigenvalue weighted by Crippen LogP contribution is 1.95. The van der Waals surface area contributed by atoms with E-state index in [1.54, 1.807) is 18.1 Å². The summed E-state index contributed by atoms with van der Waals surface area (Å²) >= 11 is 0. The number of ether oxygens (including phenoxy) is 2. The van der Waals surface area contributed by atoms with Crippen LogP contribution < -0.4 is 0 Å². The molecule has 88 valence electrons. The first-order valence-electron chi connectivity index (χ1n) is 5.11. The first kappa shape index (κ1) is 14.1. The summed E-state index contributed by atoms with van der Waals surface area (Å²) in [6, 6.07) is 0. The number of carbonyl (C=O) groups excluding carboxylic acids is 1. The molecule has 0 aromatic carbocycles. The van der Waals surface area contributed by atoms with Gasteiger partial charge in [0.1, 0.15) is 6.61 Å². The van der Waals surface area contributed by atoms with Crippen molar-refractivity contribution in [3.8, 4) is 0 Å². The van der Waals surface area contributed by atoms with Crippen LogP contribution in [0.1, 0.15) is 13.8 Å². The second-order valence-electron chi connectivity index (χ2n) is 3.48. The molecule has 0 saturated carbocycles. The number of rotatable bonds is 8. The van der Waals surface area contributed by atoms with Crippen LogP contribution in [0.25, 0.3) is 0 Å². The summed E-state index contributed by atoms with van der Waals surface area (Å²) in [5, 5.41) is 0. The molecule has 15 heavy (non-hydrogen) atoms. The average molecular weight is 215 g/mol. The zero-order valence-electron chi connectivity index (χ0n) is 9.86. The van der Waals surface area contributed by atoms with Crippen LogP contribution in [0.4, 0.5) is 0 Å². The normalized spacial score (nSPS) is 10.4. The summed E-state index contributed by atoms with van der Waals surface area (Å²) < 4.78 is 10.2. The summed E-state index contributed by atoms with van der Waals surface area (Å²) in [6.45, 7) is 9.17. The lowest BCUT2D eigenvalue weighted by Gasteiger charge is -2.21. The fraction of sp³-hybridized carbons (Fsp3) is 0.727. The lowest BCUT2D eigenvalue weighted by Crippen LogP contribution is -2.37. The van der Waals surface area contributed by atoms with Gasteiger partial charge in [-0.1, -0.05) is 6.08 Å². The number of nitrogens with zero attached hydrogens (tertiary/aromatic N) is 1. The third-order valence-electron chi connectivity index (χ3n) is 1.81. The molecule has 1 amide bonds. The van der Waals surface area contributed by atoms with E-state index in [9.17, 15) is 4.79 Å². The molecule has 0 unspecified atom stereocenters. The standard InChI is InChI=1S/C11H21NO3/c1-5-6-12(7-8-14-4)11(13)9-15-10(2)3/h5,10H,1,6-9H2,2-4H3. The maximum atomic E-state index is 11.6. The fourth-order valence-electron chi connectivity index (χ4n) is 1.00. The van der Waals surface area contributed by atoms with Crippen molar-refractivity contribution in [1.29, 1.82) is 0 Å². The largest absolute Gasteiger partial charge is 0.383 e. The Kier molecular flexibility index (Phi) is 7.95. The zero-order chi connectivity index (χ0) is 11.7. The fourth-order valence-corrected chi connectivity index (χ4v) is 1.00. The molecule has 0 aliphatic heterocycles. The Morgan fingerprint density at radius 2 is 2.20 bits per heavy atom. The zero-order valence-corrected chi connectivity index (χ0v) is 9.86. The van der Waals surface area contributed by atoms with E-state index >= 15 is 0 Å². The summed E-state index contributed by atoms with van der Waals surface area (Å²) in [5.74, 6) is -0.0272. The lowest BCUT2D eigenvalue weighted by molar-refractivity contribution is -0.137. The van der Waals surface area contributed by atoms with Gasteiger partial charge in [-0.15, -0.1) is 6.58 Å². The van der Waals surface area contributed by atoms with Gasteiger partial charge < -0.3 is 14.4 Å². The molecule has 0 aliphatic carbocycles. The van der Waals surface area contributed by atoms with E-state index in [-0.39, 0.29) is 18.6 Å². The van der Waals surface area contributed by atoms with Crippen LogP contribution in [0.5, 0.6) is 0 Å². The van der Waals surface area contributed by atoms with Crippen molar-refractivity contribution in [1.82, 2.24) is 4.90 Å². The molecule has 4 heteroatoms. The number of carbonyl (C=O) groups is 1. The predicted octanol–water partition coefficient (Wildman–Crippen LogP) is 1.07. The molecule has 0 spiro atoms. The van der Waals surface area contributed by atoms with Gasteiger partial charge in [0.05, 0.1) is 12.7 Å². The molecule has 0 N–H and O–H groups in total. The van der Waals surface area contributed by atoms with Gasteiger partial charge in [-0.25, -0.2) is 0 Å². The van der Waals surface area contributed by atoms with Crippen molar-refractivity contribution in [2.24, 2.45) is 0 Å². The average Bonchev–Trinajstić information content (AvgIpc) is 2.20. The van der Waals surface area contributed by atoms with E-state index in [4.69, 9.17) is 9.47 Å². The Balaban J connectivity index is 3.97. The minimum atomic E-state index is -0.0272. The maximum Gasteiger partial charge on any atom is 0.248 e. The number of hydrogen-bond acceptors (Lipinski definition) is 3. The van der Waals surface area contributed by atoms with Gasteiger partial charge in [0.25, 0.3) is 0 Å². The second-order valence-corrected chi connectivity index (χ2v) is 3.48.